The lowest BCUT2D eigenvalue weighted by Crippen LogP contribution is -2.41. The molecule has 2 heterocycles. The second-order valence-electron chi connectivity index (χ2n) is 6.54. The number of piperidine rings is 1. The molecule has 0 spiro atoms. The van der Waals surface area contributed by atoms with Crippen molar-refractivity contribution in [1.82, 2.24) is 15.3 Å². The van der Waals surface area contributed by atoms with Crippen molar-refractivity contribution in [3.05, 3.63) is 42.0 Å². The maximum absolute atomic E-state index is 12.4. The number of ether oxygens (including phenoxy) is 2. The van der Waals surface area contributed by atoms with Gasteiger partial charge in [-0.2, -0.15) is 9.97 Å². The summed E-state index contributed by atoms with van der Waals surface area (Å²) < 4.78 is 10.4. The Bertz CT molecular complexity index is 724. The van der Waals surface area contributed by atoms with Gasteiger partial charge in [-0.05, 0) is 24.8 Å². The first-order chi connectivity index (χ1) is 13.2. The zero-order chi connectivity index (χ0) is 19.1. The van der Waals surface area contributed by atoms with Crippen LogP contribution in [0.25, 0.3) is 0 Å². The van der Waals surface area contributed by atoms with Gasteiger partial charge in [0.2, 0.25) is 23.6 Å². The van der Waals surface area contributed by atoms with Crippen molar-refractivity contribution in [2.24, 2.45) is 5.92 Å². The van der Waals surface area contributed by atoms with Crippen LogP contribution in [0.2, 0.25) is 0 Å². The fourth-order valence-corrected chi connectivity index (χ4v) is 3.20. The lowest BCUT2D eigenvalue weighted by molar-refractivity contribution is -0.125. The minimum absolute atomic E-state index is 0.0320. The maximum Gasteiger partial charge on any atom is 0.231 e. The molecule has 3 rings (SSSR count). The van der Waals surface area contributed by atoms with E-state index in [9.17, 15) is 4.79 Å². The molecule has 1 aromatic carbocycles. The summed E-state index contributed by atoms with van der Waals surface area (Å²) in [5.41, 5.74) is 1.23. The second-order valence-corrected chi connectivity index (χ2v) is 6.54. The van der Waals surface area contributed by atoms with E-state index < -0.39 is 0 Å². The van der Waals surface area contributed by atoms with Crippen LogP contribution in [0, 0.1) is 5.92 Å². The zero-order valence-electron chi connectivity index (χ0n) is 15.9. The molecule has 2 aromatic rings. The molecule has 0 unspecified atom stereocenters. The molecule has 1 aliphatic heterocycles. The maximum atomic E-state index is 12.4. The van der Waals surface area contributed by atoms with Crippen LogP contribution in [0.3, 0.4) is 0 Å². The van der Waals surface area contributed by atoms with E-state index in [1.165, 1.54) is 5.56 Å². The van der Waals surface area contributed by atoms with Gasteiger partial charge in [-0.15, -0.1) is 0 Å². The van der Waals surface area contributed by atoms with E-state index in [1.807, 2.05) is 18.2 Å². The molecular formula is C20H26N4O3. The molecule has 27 heavy (non-hydrogen) atoms. The Morgan fingerprint density at radius 1 is 1.11 bits per heavy atom. The molecule has 0 aliphatic carbocycles. The van der Waals surface area contributed by atoms with Gasteiger partial charge in [0.1, 0.15) is 0 Å². The third-order valence-electron chi connectivity index (χ3n) is 4.79. The van der Waals surface area contributed by atoms with E-state index in [0.29, 0.717) is 24.3 Å². The highest BCUT2D eigenvalue weighted by Crippen LogP contribution is 2.25. The van der Waals surface area contributed by atoms with Gasteiger partial charge >= 0.3 is 0 Å². The van der Waals surface area contributed by atoms with Crippen LogP contribution in [0.5, 0.6) is 11.8 Å². The zero-order valence-corrected chi connectivity index (χ0v) is 15.9. The van der Waals surface area contributed by atoms with Crippen molar-refractivity contribution in [3.63, 3.8) is 0 Å². The third kappa shape index (κ3) is 5.09. The van der Waals surface area contributed by atoms with Crippen molar-refractivity contribution in [3.8, 4) is 11.8 Å². The fraction of sp³-hybridized carbons (Fsp3) is 0.450. The smallest absolute Gasteiger partial charge is 0.231 e. The first kappa shape index (κ1) is 18.9. The Balaban J connectivity index is 1.49. The number of hydrogen-bond acceptors (Lipinski definition) is 6. The molecule has 0 saturated carbocycles. The van der Waals surface area contributed by atoms with Gasteiger partial charge in [-0.1, -0.05) is 30.3 Å². The molecule has 7 heteroatoms. The number of carbonyl (C=O) groups is 1. The number of carbonyl (C=O) groups excluding carboxylic acids is 1. The Kier molecular flexibility index (Phi) is 6.46. The standard InChI is InChI=1S/C20H26N4O3/c1-26-17-14-18(27-2)23-20(22-17)24-12-9-16(10-13-24)19(25)21-11-8-15-6-4-3-5-7-15/h3-7,14,16H,8-13H2,1-2H3,(H,21,25). The summed E-state index contributed by atoms with van der Waals surface area (Å²) in [7, 11) is 3.13. The average molecular weight is 370 g/mol. The minimum Gasteiger partial charge on any atom is -0.481 e. The van der Waals surface area contributed by atoms with E-state index in [0.717, 1.165) is 32.4 Å². The van der Waals surface area contributed by atoms with E-state index in [4.69, 9.17) is 9.47 Å². The van der Waals surface area contributed by atoms with Crippen molar-refractivity contribution < 1.29 is 14.3 Å². The van der Waals surface area contributed by atoms with Crippen LogP contribution >= 0.6 is 0 Å². The molecule has 1 N–H and O–H groups in total. The Labute approximate surface area is 159 Å². The molecule has 1 aliphatic rings. The molecule has 0 atom stereocenters. The van der Waals surface area contributed by atoms with E-state index in [-0.39, 0.29) is 11.8 Å². The first-order valence-electron chi connectivity index (χ1n) is 9.23. The number of methoxy groups -OCH3 is 2. The predicted octanol–water partition coefficient (Wildman–Crippen LogP) is 2.07. The highest BCUT2D eigenvalue weighted by Gasteiger charge is 2.26. The first-order valence-corrected chi connectivity index (χ1v) is 9.23. The Morgan fingerprint density at radius 3 is 2.33 bits per heavy atom. The molecule has 7 nitrogen and oxygen atoms in total. The number of rotatable bonds is 7. The summed E-state index contributed by atoms with van der Waals surface area (Å²) in [6.45, 7) is 2.12. The quantitative estimate of drug-likeness (QED) is 0.804. The molecule has 0 radical (unpaired) electrons. The van der Waals surface area contributed by atoms with E-state index in [2.05, 4.69) is 32.3 Å². The second kappa shape index (κ2) is 9.21. The van der Waals surface area contributed by atoms with Crippen LogP contribution in [-0.2, 0) is 11.2 Å². The van der Waals surface area contributed by atoms with Gasteiger partial charge in [0.15, 0.2) is 0 Å². The minimum atomic E-state index is 0.0320. The molecular weight excluding hydrogens is 344 g/mol. The van der Waals surface area contributed by atoms with Gasteiger partial charge in [0, 0.05) is 25.6 Å². The molecule has 1 aromatic heterocycles. The van der Waals surface area contributed by atoms with Crippen molar-refractivity contribution >= 4 is 11.9 Å². The normalized spacial score (nSPS) is 14.7. The predicted molar refractivity (Wildman–Crippen MR) is 103 cm³/mol. The number of nitrogens with one attached hydrogen (secondary N) is 1. The summed E-state index contributed by atoms with van der Waals surface area (Å²) in [5, 5.41) is 3.06. The Morgan fingerprint density at radius 2 is 1.74 bits per heavy atom. The van der Waals surface area contributed by atoms with E-state index in [1.54, 1.807) is 20.3 Å². The fourth-order valence-electron chi connectivity index (χ4n) is 3.20. The summed E-state index contributed by atoms with van der Waals surface area (Å²) in [4.78, 5) is 23.3. The lowest BCUT2D eigenvalue weighted by Gasteiger charge is -2.31. The number of benzene rings is 1. The molecule has 0 bridgehead atoms. The van der Waals surface area contributed by atoms with Gasteiger partial charge in [0.05, 0.1) is 20.3 Å². The van der Waals surface area contributed by atoms with Crippen molar-refractivity contribution in [2.45, 2.75) is 19.3 Å². The van der Waals surface area contributed by atoms with Gasteiger partial charge < -0.3 is 19.7 Å². The van der Waals surface area contributed by atoms with Crippen molar-refractivity contribution in [1.29, 1.82) is 0 Å². The van der Waals surface area contributed by atoms with Gasteiger partial charge in [0.25, 0.3) is 0 Å². The van der Waals surface area contributed by atoms with Crippen LogP contribution in [0.4, 0.5) is 5.95 Å². The SMILES string of the molecule is COc1cc(OC)nc(N2CCC(C(=O)NCCc3ccccc3)CC2)n1. The highest BCUT2D eigenvalue weighted by atomic mass is 16.5. The number of amides is 1. The number of hydrogen-bond donors (Lipinski definition) is 1. The molecule has 1 fully saturated rings. The topological polar surface area (TPSA) is 76.6 Å². The van der Waals surface area contributed by atoms with E-state index >= 15 is 0 Å². The molecule has 1 saturated heterocycles. The Hall–Kier alpha value is -2.83. The van der Waals surface area contributed by atoms with Gasteiger partial charge in [-0.3, -0.25) is 4.79 Å². The highest BCUT2D eigenvalue weighted by molar-refractivity contribution is 5.78. The van der Waals surface area contributed by atoms with Crippen LogP contribution in [0.1, 0.15) is 18.4 Å². The summed E-state index contributed by atoms with van der Waals surface area (Å²) in [5.74, 6) is 1.68. The number of anilines is 1. The number of nitrogens with zero attached hydrogens (tertiary/aromatic N) is 3. The van der Waals surface area contributed by atoms with Crippen LogP contribution in [-0.4, -0.2) is 49.7 Å². The van der Waals surface area contributed by atoms with Gasteiger partial charge in [-0.25, -0.2) is 0 Å². The lowest BCUT2D eigenvalue weighted by atomic mass is 9.96. The summed E-state index contributed by atoms with van der Waals surface area (Å²) in [6, 6.07) is 11.8. The van der Waals surface area contributed by atoms with Crippen LogP contribution in [0.15, 0.2) is 36.4 Å². The average Bonchev–Trinajstić information content (AvgIpc) is 2.74. The largest absolute Gasteiger partial charge is 0.481 e. The van der Waals surface area contributed by atoms with Crippen LogP contribution < -0.4 is 19.7 Å². The third-order valence-corrected chi connectivity index (χ3v) is 4.79. The summed E-state index contributed by atoms with van der Waals surface area (Å²) >= 11 is 0. The van der Waals surface area contributed by atoms with Crippen molar-refractivity contribution in [2.75, 3.05) is 38.8 Å². The molecule has 1 amide bonds. The monoisotopic (exact) mass is 370 g/mol. The number of aromatic nitrogens is 2. The molecule has 144 valence electrons. The summed E-state index contributed by atoms with van der Waals surface area (Å²) in [6.07, 6.45) is 2.41.